The molecule has 6 nitrogen and oxygen atoms in total. The highest BCUT2D eigenvalue weighted by molar-refractivity contribution is 6.46. The average molecular weight is 503 g/mol. The number of aliphatic hydroxyl groups is 1. The first-order chi connectivity index (χ1) is 17.9. The molecule has 1 atom stereocenters. The van der Waals surface area contributed by atoms with Gasteiger partial charge in [0.15, 0.2) is 0 Å². The molecular weight excluding hydrogens is 471 g/mol. The maximum Gasteiger partial charge on any atom is 0.295 e. The summed E-state index contributed by atoms with van der Waals surface area (Å²) in [5, 5.41) is 11.2. The van der Waals surface area contributed by atoms with E-state index in [-0.39, 0.29) is 11.3 Å². The Labute approximate surface area is 216 Å². The first-order valence-corrected chi connectivity index (χ1v) is 12.5. The van der Waals surface area contributed by atoms with E-state index in [9.17, 15) is 19.1 Å². The first-order valence-electron chi connectivity index (χ1n) is 12.5. The number of aliphatic hydroxyl groups excluding tert-OH is 1. The lowest BCUT2D eigenvalue weighted by atomic mass is 9.95. The average Bonchev–Trinajstić information content (AvgIpc) is 3.18. The number of likely N-dealkylation sites (tertiary alicyclic amines) is 1. The second kappa shape index (κ2) is 11.8. The third-order valence-electron chi connectivity index (χ3n) is 6.65. The lowest BCUT2D eigenvalue weighted by Crippen LogP contribution is -2.38. The fourth-order valence-corrected chi connectivity index (χ4v) is 4.50. The highest BCUT2D eigenvalue weighted by atomic mass is 19.1. The van der Waals surface area contributed by atoms with E-state index in [1.54, 1.807) is 36.4 Å². The van der Waals surface area contributed by atoms with Gasteiger partial charge in [-0.05, 0) is 60.6 Å². The molecule has 4 rings (SSSR count). The summed E-state index contributed by atoms with van der Waals surface area (Å²) in [6.45, 7) is 6.95. The van der Waals surface area contributed by atoms with Crippen LogP contribution in [-0.4, -0.2) is 52.8 Å². The maximum absolute atomic E-state index is 13.7. The minimum atomic E-state index is -0.815. The molecule has 1 saturated heterocycles. The van der Waals surface area contributed by atoms with Gasteiger partial charge in [0.05, 0.1) is 11.6 Å². The summed E-state index contributed by atoms with van der Waals surface area (Å²) < 4.78 is 19.5. The molecule has 1 aliphatic heterocycles. The van der Waals surface area contributed by atoms with E-state index in [4.69, 9.17) is 4.74 Å². The van der Waals surface area contributed by atoms with Crippen LogP contribution >= 0.6 is 0 Å². The molecule has 0 unspecified atom stereocenters. The summed E-state index contributed by atoms with van der Waals surface area (Å²) in [5.41, 5.74) is 1.97. The molecule has 0 bridgehead atoms. The van der Waals surface area contributed by atoms with Gasteiger partial charge in [-0.3, -0.25) is 9.59 Å². The summed E-state index contributed by atoms with van der Waals surface area (Å²) >= 11 is 0. The number of halogens is 1. The van der Waals surface area contributed by atoms with Crippen LogP contribution in [0.25, 0.3) is 5.76 Å². The molecule has 37 heavy (non-hydrogen) atoms. The third-order valence-corrected chi connectivity index (χ3v) is 6.65. The summed E-state index contributed by atoms with van der Waals surface area (Å²) in [4.78, 5) is 29.9. The largest absolute Gasteiger partial charge is 0.507 e. The number of Topliss-reactive ketones (excluding diaryl/α,β-unsaturated/α-hetero) is 1. The van der Waals surface area contributed by atoms with Gasteiger partial charge in [-0.2, -0.15) is 0 Å². The summed E-state index contributed by atoms with van der Waals surface area (Å²) in [5.74, 6) is -1.51. The number of benzene rings is 3. The van der Waals surface area contributed by atoms with Crippen LogP contribution < -0.4 is 4.74 Å². The van der Waals surface area contributed by atoms with Crippen molar-refractivity contribution in [2.24, 2.45) is 0 Å². The van der Waals surface area contributed by atoms with Gasteiger partial charge in [0.2, 0.25) is 0 Å². The van der Waals surface area contributed by atoms with E-state index >= 15 is 0 Å². The quantitative estimate of drug-likeness (QED) is 0.235. The number of carbonyl (C=O) groups is 2. The number of rotatable bonds is 10. The Morgan fingerprint density at radius 1 is 0.946 bits per heavy atom. The van der Waals surface area contributed by atoms with Crippen LogP contribution in [0.5, 0.6) is 5.75 Å². The van der Waals surface area contributed by atoms with Gasteiger partial charge in [-0.15, -0.1) is 0 Å². The molecule has 0 aliphatic carbocycles. The Kier molecular flexibility index (Phi) is 8.36. The SMILES string of the molecule is CCN(CC)CCN1C(=O)C(=O)/C(=C(/O)c2ccc(OCc3ccccc3)cc2)[C@@H]1c1ccc(F)cc1. The predicted octanol–water partition coefficient (Wildman–Crippen LogP) is 5.17. The Morgan fingerprint density at radius 3 is 2.22 bits per heavy atom. The van der Waals surface area contributed by atoms with Crippen molar-refractivity contribution in [3.05, 3.63) is 107 Å². The third kappa shape index (κ3) is 5.89. The van der Waals surface area contributed by atoms with Crippen LogP contribution in [-0.2, 0) is 16.2 Å². The monoisotopic (exact) mass is 502 g/mol. The highest BCUT2D eigenvalue weighted by Gasteiger charge is 2.45. The molecule has 0 radical (unpaired) electrons. The van der Waals surface area contributed by atoms with Crippen molar-refractivity contribution in [1.82, 2.24) is 9.80 Å². The predicted molar refractivity (Wildman–Crippen MR) is 140 cm³/mol. The fraction of sp³-hybridized carbons (Fsp3) is 0.267. The second-order valence-corrected chi connectivity index (χ2v) is 8.87. The number of hydrogen-bond acceptors (Lipinski definition) is 5. The van der Waals surface area contributed by atoms with E-state index in [1.807, 2.05) is 44.2 Å². The van der Waals surface area contributed by atoms with Crippen LogP contribution in [0.3, 0.4) is 0 Å². The number of amides is 1. The molecule has 7 heteroatoms. The summed E-state index contributed by atoms with van der Waals surface area (Å²) in [6, 6.07) is 21.3. The molecule has 0 spiro atoms. The van der Waals surface area contributed by atoms with Gasteiger partial charge in [-0.1, -0.05) is 56.3 Å². The Balaban J connectivity index is 1.64. The molecule has 0 aromatic heterocycles. The van der Waals surface area contributed by atoms with Crippen molar-refractivity contribution in [2.45, 2.75) is 26.5 Å². The lowest BCUT2D eigenvalue weighted by molar-refractivity contribution is -0.140. The van der Waals surface area contributed by atoms with Crippen molar-refractivity contribution in [3.63, 3.8) is 0 Å². The fourth-order valence-electron chi connectivity index (χ4n) is 4.50. The molecule has 1 heterocycles. The zero-order valence-corrected chi connectivity index (χ0v) is 21.1. The molecule has 3 aromatic carbocycles. The van der Waals surface area contributed by atoms with Gasteiger partial charge in [0.25, 0.3) is 11.7 Å². The number of nitrogens with zero attached hydrogens (tertiary/aromatic N) is 2. The molecule has 3 aromatic rings. The van der Waals surface area contributed by atoms with Crippen molar-refractivity contribution in [2.75, 3.05) is 26.2 Å². The smallest absolute Gasteiger partial charge is 0.295 e. The van der Waals surface area contributed by atoms with E-state index in [1.165, 1.54) is 17.0 Å². The molecule has 192 valence electrons. The van der Waals surface area contributed by atoms with E-state index in [2.05, 4.69) is 4.90 Å². The van der Waals surface area contributed by atoms with Crippen molar-refractivity contribution < 1.29 is 23.8 Å². The summed E-state index contributed by atoms with van der Waals surface area (Å²) in [7, 11) is 0. The number of ether oxygens (including phenoxy) is 1. The van der Waals surface area contributed by atoms with E-state index < -0.39 is 23.5 Å². The molecule has 0 saturated carbocycles. The second-order valence-electron chi connectivity index (χ2n) is 8.87. The van der Waals surface area contributed by atoms with Crippen molar-refractivity contribution in [3.8, 4) is 5.75 Å². The number of carbonyl (C=O) groups excluding carboxylic acids is 2. The van der Waals surface area contributed by atoms with Gasteiger partial charge in [-0.25, -0.2) is 4.39 Å². The minimum Gasteiger partial charge on any atom is -0.507 e. The Hall–Kier alpha value is -3.97. The molecular formula is C30H31FN2O4. The Bertz CT molecular complexity index is 1250. The molecule has 1 N–H and O–H groups in total. The first kappa shape index (κ1) is 26.1. The lowest BCUT2D eigenvalue weighted by Gasteiger charge is -2.28. The Morgan fingerprint density at radius 2 is 1.59 bits per heavy atom. The maximum atomic E-state index is 13.7. The zero-order valence-electron chi connectivity index (χ0n) is 21.1. The van der Waals surface area contributed by atoms with Gasteiger partial charge < -0.3 is 19.6 Å². The summed E-state index contributed by atoms with van der Waals surface area (Å²) in [6.07, 6.45) is 0. The van der Waals surface area contributed by atoms with E-state index in [0.29, 0.717) is 36.6 Å². The molecule has 1 aliphatic rings. The van der Waals surface area contributed by atoms with Crippen molar-refractivity contribution in [1.29, 1.82) is 0 Å². The number of ketones is 1. The topological polar surface area (TPSA) is 70.1 Å². The molecule has 1 fully saturated rings. The van der Waals surface area contributed by atoms with Crippen LogP contribution in [0.4, 0.5) is 4.39 Å². The van der Waals surface area contributed by atoms with Gasteiger partial charge >= 0.3 is 0 Å². The van der Waals surface area contributed by atoms with E-state index in [0.717, 1.165) is 18.7 Å². The van der Waals surface area contributed by atoms with Crippen LogP contribution in [0, 0.1) is 5.82 Å². The minimum absolute atomic E-state index is 0.00545. The zero-order chi connectivity index (χ0) is 26.4. The molecule has 1 amide bonds. The number of hydrogen-bond donors (Lipinski definition) is 1. The van der Waals surface area contributed by atoms with Crippen LogP contribution in [0.1, 0.15) is 36.6 Å². The van der Waals surface area contributed by atoms with Crippen LogP contribution in [0.2, 0.25) is 0 Å². The normalized spacial score (nSPS) is 17.0. The van der Waals surface area contributed by atoms with Gasteiger partial charge in [0.1, 0.15) is 23.9 Å². The number of likely N-dealkylation sites (N-methyl/N-ethyl adjacent to an activating group) is 1. The highest BCUT2D eigenvalue weighted by Crippen LogP contribution is 2.39. The van der Waals surface area contributed by atoms with Crippen LogP contribution in [0.15, 0.2) is 84.4 Å². The standard InChI is InChI=1S/C30H31FN2O4/c1-3-32(4-2)18-19-33-27(22-10-14-24(31)15-11-22)26(29(35)30(33)36)28(34)23-12-16-25(17-13-23)37-20-21-8-6-5-7-9-21/h5-17,27,34H,3-4,18-20H2,1-2H3/b28-26+/t27-/m0/s1. The van der Waals surface area contributed by atoms with Gasteiger partial charge in [0, 0.05) is 18.7 Å². The van der Waals surface area contributed by atoms with Crippen molar-refractivity contribution >= 4 is 17.4 Å².